The highest BCUT2D eigenvalue weighted by molar-refractivity contribution is 5.21. The Kier molecular flexibility index (Phi) is 4.49. The number of hydrogen-bond acceptors (Lipinski definition) is 1. The molecule has 0 radical (unpaired) electrons. The van der Waals surface area contributed by atoms with Gasteiger partial charge in [0.1, 0.15) is 0 Å². The van der Waals surface area contributed by atoms with E-state index in [1.165, 1.54) is 30.4 Å². The van der Waals surface area contributed by atoms with Gasteiger partial charge in [0.05, 0.1) is 0 Å². The lowest BCUT2D eigenvalue weighted by atomic mass is 9.92. The lowest BCUT2D eigenvalue weighted by Gasteiger charge is -2.18. The molecule has 0 heterocycles. The van der Waals surface area contributed by atoms with Crippen molar-refractivity contribution in [2.75, 3.05) is 6.54 Å². The van der Waals surface area contributed by atoms with Crippen molar-refractivity contribution in [3.8, 4) is 0 Å². The molecule has 1 aliphatic rings. The first-order chi connectivity index (χ1) is 9.92. The van der Waals surface area contributed by atoms with E-state index >= 15 is 0 Å². The number of hydrogen-bond donors (Lipinski definition) is 1. The molecule has 1 aliphatic carbocycles. The van der Waals surface area contributed by atoms with Crippen molar-refractivity contribution in [3.63, 3.8) is 0 Å². The predicted molar refractivity (Wildman–Crippen MR) is 85.0 cm³/mol. The minimum atomic E-state index is 0.622. The molecule has 1 fully saturated rings. The summed E-state index contributed by atoms with van der Waals surface area (Å²) >= 11 is 0. The van der Waals surface area contributed by atoms with Crippen LogP contribution in [0.2, 0.25) is 0 Å². The van der Waals surface area contributed by atoms with Gasteiger partial charge in [0.15, 0.2) is 0 Å². The molecule has 1 saturated carbocycles. The summed E-state index contributed by atoms with van der Waals surface area (Å²) < 4.78 is 0. The van der Waals surface area contributed by atoms with Gasteiger partial charge in [-0.1, -0.05) is 60.7 Å². The normalized spacial score (nSPS) is 16.0. The summed E-state index contributed by atoms with van der Waals surface area (Å²) in [5.74, 6) is 0.622. The van der Waals surface area contributed by atoms with E-state index in [0.717, 1.165) is 19.0 Å². The van der Waals surface area contributed by atoms with E-state index in [4.69, 9.17) is 0 Å². The van der Waals surface area contributed by atoms with Crippen LogP contribution in [0.15, 0.2) is 60.7 Å². The summed E-state index contributed by atoms with van der Waals surface area (Å²) in [6, 6.07) is 22.6. The molecule has 0 bridgehead atoms. The maximum absolute atomic E-state index is 3.69. The van der Waals surface area contributed by atoms with Crippen LogP contribution in [0.1, 0.15) is 36.3 Å². The average Bonchev–Trinajstić information content (AvgIpc) is 3.33. The maximum atomic E-state index is 3.69. The first-order valence-electron chi connectivity index (χ1n) is 7.74. The summed E-state index contributed by atoms with van der Waals surface area (Å²) in [4.78, 5) is 0. The smallest absolute Gasteiger partial charge is 0.00684 e. The molecule has 2 aromatic rings. The van der Waals surface area contributed by atoms with Crippen LogP contribution >= 0.6 is 0 Å². The Bertz CT molecular complexity index is 502. The van der Waals surface area contributed by atoms with Crippen molar-refractivity contribution < 1.29 is 0 Å². The molecule has 2 aromatic carbocycles. The summed E-state index contributed by atoms with van der Waals surface area (Å²) in [5.41, 5.74) is 2.91. The molecule has 104 valence electrons. The highest BCUT2D eigenvalue weighted by atomic mass is 14.9. The van der Waals surface area contributed by atoms with Gasteiger partial charge >= 0.3 is 0 Å². The van der Waals surface area contributed by atoms with Gasteiger partial charge in [-0.25, -0.2) is 0 Å². The van der Waals surface area contributed by atoms with Gasteiger partial charge in [-0.2, -0.15) is 0 Å². The molecule has 1 heteroatoms. The third-order valence-electron chi connectivity index (χ3n) is 4.13. The predicted octanol–water partition coefficient (Wildman–Crippen LogP) is 4.16. The highest BCUT2D eigenvalue weighted by Gasteiger charge is 2.22. The zero-order chi connectivity index (χ0) is 13.6. The van der Waals surface area contributed by atoms with E-state index in [9.17, 15) is 0 Å². The van der Waals surface area contributed by atoms with Gasteiger partial charge in [-0.05, 0) is 42.7 Å². The van der Waals surface area contributed by atoms with Crippen LogP contribution in [0.5, 0.6) is 0 Å². The first-order valence-corrected chi connectivity index (χ1v) is 7.74. The van der Waals surface area contributed by atoms with Gasteiger partial charge in [-0.15, -0.1) is 0 Å². The molecule has 20 heavy (non-hydrogen) atoms. The molecule has 0 saturated heterocycles. The summed E-state index contributed by atoms with van der Waals surface area (Å²) in [6.45, 7) is 1.11. The molecule has 0 spiro atoms. The minimum Gasteiger partial charge on any atom is -0.313 e. The lowest BCUT2D eigenvalue weighted by Crippen LogP contribution is -2.24. The van der Waals surface area contributed by atoms with Crippen molar-refractivity contribution in [3.05, 3.63) is 71.8 Å². The van der Waals surface area contributed by atoms with Crippen LogP contribution in [0, 0.1) is 0 Å². The number of nitrogens with one attached hydrogen (secondary N) is 1. The van der Waals surface area contributed by atoms with E-state index in [1.807, 2.05) is 0 Å². The molecule has 3 rings (SSSR count). The molecule has 0 aliphatic heterocycles. The van der Waals surface area contributed by atoms with E-state index < -0.39 is 0 Å². The highest BCUT2D eigenvalue weighted by Crippen LogP contribution is 2.24. The lowest BCUT2D eigenvalue weighted by molar-refractivity contribution is 0.548. The number of benzene rings is 2. The van der Waals surface area contributed by atoms with E-state index in [1.54, 1.807) is 0 Å². The second-order valence-corrected chi connectivity index (χ2v) is 5.81. The van der Waals surface area contributed by atoms with Crippen LogP contribution in [-0.2, 0) is 6.42 Å². The van der Waals surface area contributed by atoms with Crippen molar-refractivity contribution in [1.29, 1.82) is 0 Å². The second kappa shape index (κ2) is 6.71. The molecule has 0 aromatic heterocycles. The largest absolute Gasteiger partial charge is 0.313 e. The molecular weight excluding hydrogens is 242 g/mol. The van der Waals surface area contributed by atoms with Crippen molar-refractivity contribution in [2.24, 2.45) is 0 Å². The summed E-state index contributed by atoms with van der Waals surface area (Å²) in [5, 5.41) is 3.69. The Labute approximate surface area is 122 Å². The van der Waals surface area contributed by atoms with Crippen molar-refractivity contribution >= 4 is 0 Å². The fourth-order valence-electron chi connectivity index (χ4n) is 2.69. The standard InChI is InChI=1S/C19H23N/c1-3-7-16(8-4-1)11-12-18(15-20-19-13-14-19)17-9-5-2-6-10-17/h1-10,18-20H,11-15H2. The third kappa shape index (κ3) is 3.94. The molecule has 1 atom stereocenters. The first kappa shape index (κ1) is 13.4. The van der Waals surface area contributed by atoms with Gasteiger partial charge in [-0.3, -0.25) is 0 Å². The van der Waals surface area contributed by atoms with Crippen LogP contribution < -0.4 is 5.32 Å². The summed E-state index contributed by atoms with van der Waals surface area (Å²) in [6.07, 6.45) is 5.10. The summed E-state index contributed by atoms with van der Waals surface area (Å²) in [7, 11) is 0. The van der Waals surface area contributed by atoms with Crippen LogP contribution in [0.4, 0.5) is 0 Å². The Hall–Kier alpha value is -1.60. The molecule has 0 amide bonds. The van der Waals surface area contributed by atoms with E-state index in [0.29, 0.717) is 5.92 Å². The zero-order valence-electron chi connectivity index (χ0n) is 12.0. The van der Waals surface area contributed by atoms with Gasteiger partial charge in [0.25, 0.3) is 0 Å². The quantitative estimate of drug-likeness (QED) is 0.793. The third-order valence-corrected chi connectivity index (χ3v) is 4.13. The number of rotatable bonds is 7. The molecule has 1 unspecified atom stereocenters. The Morgan fingerprint density at radius 1 is 0.900 bits per heavy atom. The van der Waals surface area contributed by atoms with Crippen LogP contribution in [0.3, 0.4) is 0 Å². The topological polar surface area (TPSA) is 12.0 Å². The molecule has 1 nitrogen and oxygen atoms in total. The van der Waals surface area contributed by atoms with Gasteiger partial charge in [0, 0.05) is 12.6 Å². The molecular formula is C19H23N. The van der Waals surface area contributed by atoms with Gasteiger partial charge in [0.2, 0.25) is 0 Å². The second-order valence-electron chi connectivity index (χ2n) is 5.81. The molecule has 1 N–H and O–H groups in total. The maximum Gasteiger partial charge on any atom is 0.00684 e. The SMILES string of the molecule is c1ccc(CCC(CNC2CC2)c2ccccc2)cc1. The monoisotopic (exact) mass is 265 g/mol. The van der Waals surface area contributed by atoms with Crippen molar-refractivity contribution in [1.82, 2.24) is 5.32 Å². The fourth-order valence-corrected chi connectivity index (χ4v) is 2.69. The average molecular weight is 265 g/mol. The van der Waals surface area contributed by atoms with E-state index in [-0.39, 0.29) is 0 Å². The number of aryl methyl sites for hydroxylation is 1. The Morgan fingerprint density at radius 2 is 1.55 bits per heavy atom. The minimum absolute atomic E-state index is 0.622. The Morgan fingerprint density at radius 3 is 2.20 bits per heavy atom. The van der Waals surface area contributed by atoms with E-state index in [2.05, 4.69) is 66.0 Å². The van der Waals surface area contributed by atoms with Gasteiger partial charge < -0.3 is 5.32 Å². The fraction of sp³-hybridized carbons (Fsp3) is 0.368. The Balaban J connectivity index is 1.62. The zero-order valence-corrected chi connectivity index (χ0v) is 12.0. The van der Waals surface area contributed by atoms with Crippen LogP contribution in [-0.4, -0.2) is 12.6 Å². The van der Waals surface area contributed by atoms with Crippen molar-refractivity contribution in [2.45, 2.75) is 37.6 Å². The van der Waals surface area contributed by atoms with Crippen LogP contribution in [0.25, 0.3) is 0 Å².